The van der Waals surface area contributed by atoms with Gasteiger partial charge in [0.05, 0.1) is 23.7 Å². The van der Waals surface area contributed by atoms with E-state index in [1.165, 1.54) is 6.04 Å². The van der Waals surface area contributed by atoms with Crippen LogP contribution in [0.1, 0.15) is 6.92 Å². The molecule has 0 rings (SSSR count). The molecule has 0 aromatic rings. The van der Waals surface area contributed by atoms with Crippen LogP contribution in [0.5, 0.6) is 0 Å². The highest BCUT2D eigenvalue weighted by atomic mass is 28.2. The lowest BCUT2D eigenvalue weighted by molar-refractivity contribution is 0.0964. The Morgan fingerprint density at radius 3 is 2.33 bits per heavy atom. The highest BCUT2D eigenvalue weighted by Gasteiger charge is 1.88. The molecule has 0 aromatic heterocycles. The van der Waals surface area contributed by atoms with E-state index in [2.05, 4.69) is 12.6 Å². The summed E-state index contributed by atoms with van der Waals surface area (Å²) in [6.45, 7) is 2.17. The lowest BCUT2D eigenvalue weighted by Crippen LogP contribution is -1.92. The zero-order valence-electron chi connectivity index (χ0n) is 6.31. The fourth-order valence-electron chi connectivity index (χ4n) is 0.512. The summed E-state index contributed by atoms with van der Waals surface area (Å²) in [5.74, 6) is 0.670. The van der Waals surface area contributed by atoms with E-state index in [0.717, 1.165) is 0 Å². The molecule has 0 atom stereocenters. The quantitative estimate of drug-likeness (QED) is 0.429. The van der Waals surface area contributed by atoms with Gasteiger partial charge in [0.2, 0.25) is 0 Å². The molecule has 0 amide bonds. The topological polar surface area (TPSA) is 18.5 Å². The van der Waals surface area contributed by atoms with Crippen LogP contribution in [0.3, 0.4) is 0 Å². The van der Waals surface area contributed by atoms with Gasteiger partial charge in [-0.1, -0.05) is 13.0 Å². The zero-order chi connectivity index (χ0) is 7.11. The first-order valence-corrected chi connectivity index (χ1v) is 4.95. The second-order valence-electron chi connectivity index (χ2n) is 1.72. The van der Waals surface area contributed by atoms with Gasteiger partial charge in [0.1, 0.15) is 0 Å². The average molecular weight is 146 g/mol. The van der Waals surface area contributed by atoms with E-state index in [9.17, 15) is 0 Å². The first-order valence-electron chi connectivity index (χ1n) is 3.13. The maximum atomic E-state index is 4.88. The van der Waals surface area contributed by atoms with E-state index in [4.69, 9.17) is 9.47 Å². The Morgan fingerprint density at radius 2 is 2.00 bits per heavy atom. The highest BCUT2D eigenvalue weighted by Crippen LogP contribution is 1.93. The van der Waals surface area contributed by atoms with E-state index in [0.29, 0.717) is 5.95 Å². The summed E-state index contributed by atoms with van der Waals surface area (Å²) in [6.07, 6.45) is 0. The van der Waals surface area contributed by atoms with Crippen molar-refractivity contribution in [2.45, 2.75) is 13.0 Å². The van der Waals surface area contributed by atoms with Crippen LogP contribution in [0.2, 0.25) is 6.04 Å². The molecule has 0 aliphatic carbocycles. The Bertz CT molecular complexity index is 85.1. The van der Waals surface area contributed by atoms with Crippen molar-refractivity contribution in [3.05, 3.63) is 11.6 Å². The van der Waals surface area contributed by atoms with Crippen LogP contribution in [0.4, 0.5) is 0 Å². The Balaban J connectivity index is 3.48. The third-order valence-corrected chi connectivity index (χ3v) is 2.20. The lowest BCUT2D eigenvalue weighted by Gasteiger charge is -2.01. The minimum Gasteiger partial charge on any atom is -0.469 e. The molecule has 9 heavy (non-hydrogen) atoms. The largest absolute Gasteiger partial charge is 0.469 e. The highest BCUT2D eigenvalue weighted by molar-refractivity contribution is 6.41. The van der Waals surface area contributed by atoms with Gasteiger partial charge in [-0.2, -0.15) is 0 Å². The maximum absolute atomic E-state index is 4.88. The molecule has 54 valence electrons. The Morgan fingerprint density at radius 1 is 1.44 bits per heavy atom. The van der Waals surface area contributed by atoms with Crippen LogP contribution in [-0.2, 0) is 9.47 Å². The van der Waals surface area contributed by atoms with Crippen LogP contribution >= 0.6 is 0 Å². The second-order valence-corrected chi connectivity index (χ2v) is 3.71. The van der Waals surface area contributed by atoms with Crippen molar-refractivity contribution < 1.29 is 9.47 Å². The lowest BCUT2D eigenvalue weighted by atomic mass is 11.0. The molecular weight excluding hydrogens is 132 g/mol. The molecule has 0 N–H and O–H groups in total. The summed E-state index contributed by atoms with van der Waals surface area (Å²) in [7, 11) is 3.19. The summed E-state index contributed by atoms with van der Waals surface area (Å²) in [5, 5.41) is 0. The monoisotopic (exact) mass is 146 g/mol. The van der Waals surface area contributed by atoms with E-state index >= 15 is 0 Å². The molecule has 0 saturated carbocycles. The fourth-order valence-corrected chi connectivity index (χ4v) is 1.37. The SMILES string of the molecule is CC[SiH2]C=C(OC)OC. The van der Waals surface area contributed by atoms with Gasteiger partial charge in [-0.15, -0.1) is 0 Å². The van der Waals surface area contributed by atoms with Gasteiger partial charge in [0.15, 0.2) is 0 Å². The Labute approximate surface area is 58.7 Å². The van der Waals surface area contributed by atoms with Gasteiger partial charge < -0.3 is 9.47 Å². The van der Waals surface area contributed by atoms with Crippen molar-refractivity contribution in [3.63, 3.8) is 0 Å². The van der Waals surface area contributed by atoms with E-state index < -0.39 is 0 Å². The van der Waals surface area contributed by atoms with E-state index in [-0.39, 0.29) is 9.52 Å². The molecule has 0 fully saturated rings. The average Bonchev–Trinajstić information content (AvgIpc) is 1.91. The molecular formula is C6H14O2Si. The fraction of sp³-hybridized carbons (Fsp3) is 0.667. The van der Waals surface area contributed by atoms with Crippen molar-refractivity contribution >= 4 is 9.52 Å². The molecule has 2 nitrogen and oxygen atoms in total. The first-order chi connectivity index (χ1) is 4.35. The summed E-state index contributed by atoms with van der Waals surface area (Å²) in [6, 6.07) is 1.26. The minimum absolute atomic E-state index is 0.0598. The summed E-state index contributed by atoms with van der Waals surface area (Å²) < 4.78 is 9.75. The molecule has 0 aliphatic rings. The number of rotatable bonds is 4. The standard InChI is InChI=1S/C6H14O2Si/c1-4-9-5-6(7-2)8-3/h5H,4,9H2,1-3H3. The van der Waals surface area contributed by atoms with E-state index in [1.54, 1.807) is 14.2 Å². The van der Waals surface area contributed by atoms with Crippen LogP contribution in [0.25, 0.3) is 0 Å². The van der Waals surface area contributed by atoms with Crippen LogP contribution in [0, 0.1) is 0 Å². The van der Waals surface area contributed by atoms with Crippen LogP contribution in [-0.4, -0.2) is 23.7 Å². The molecule has 0 heterocycles. The number of hydrogen-bond acceptors (Lipinski definition) is 2. The molecule has 0 spiro atoms. The smallest absolute Gasteiger partial charge is 0.269 e. The van der Waals surface area contributed by atoms with Gasteiger partial charge in [0.25, 0.3) is 5.95 Å². The van der Waals surface area contributed by atoms with Gasteiger partial charge in [-0.05, 0) is 5.70 Å². The summed E-state index contributed by atoms with van der Waals surface area (Å²) in [5.41, 5.74) is 2.07. The molecule has 0 unspecified atom stereocenters. The van der Waals surface area contributed by atoms with E-state index in [1.807, 2.05) is 0 Å². The third kappa shape index (κ3) is 4.09. The predicted octanol–water partition coefficient (Wildman–Crippen LogP) is 0.685. The number of ether oxygens (including phenoxy) is 2. The normalized spacial score (nSPS) is 9.67. The summed E-state index contributed by atoms with van der Waals surface area (Å²) in [4.78, 5) is 0. The summed E-state index contributed by atoms with van der Waals surface area (Å²) >= 11 is 0. The van der Waals surface area contributed by atoms with Crippen molar-refractivity contribution in [1.82, 2.24) is 0 Å². The van der Waals surface area contributed by atoms with Crippen molar-refractivity contribution in [3.8, 4) is 0 Å². The van der Waals surface area contributed by atoms with Crippen LogP contribution in [0.15, 0.2) is 11.6 Å². The van der Waals surface area contributed by atoms with Crippen molar-refractivity contribution in [2.24, 2.45) is 0 Å². The predicted molar refractivity (Wildman–Crippen MR) is 41.1 cm³/mol. The molecule has 0 radical (unpaired) electrons. The number of hydrogen-bond donors (Lipinski definition) is 0. The maximum Gasteiger partial charge on any atom is 0.269 e. The van der Waals surface area contributed by atoms with Gasteiger partial charge in [0, 0.05) is 0 Å². The molecule has 0 saturated heterocycles. The Hall–Kier alpha value is -0.443. The van der Waals surface area contributed by atoms with Gasteiger partial charge >= 0.3 is 0 Å². The molecule has 0 aromatic carbocycles. The molecule has 0 bridgehead atoms. The zero-order valence-corrected chi connectivity index (χ0v) is 7.72. The van der Waals surface area contributed by atoms with Gasteiger partial charge in [-0.3, -0.25) is 0 Å². The van der Waals surface area contributed by atoms with Crippen molar-refractivity contribution in [1.29, 1.82) is 0 Å². The van der Waals surface area contributed by atoms with Gasteiger partial charge in [-0.25, -0.2) is 0 Å². The third-order valence-electron chi connectivity index (χ3n) is 1.00. The minimum atomic E-state index is -0.0598. The molecule has 0 aliphatic heterocycles. The first kappa shape index (κ1) is 8.56. The Kier molecular flexibility index (Phi) is 5.41. The second kappa shape index (κ2) is 5.69. The number of methoxy groups -OCH3 is 2. The van der Waals surface area contributed by atoms with Crippen molar-refractivity contribution in [2.75, 3.05) is 14.2 Å². The molecule has 3 heteroatoms. The van der Waals surface area contributed by atoms with Crippen LogP contribution < -0.4 is 0 Å².